The SMILES string of the molecule is CCn1cc(CN2CCCC(C3NNCC3c3ccc(F)cc3)C2)cn1. The summed E-state index contributed by atoms with van der Waals surface area (Å²) >= 11 is 0. The third-order valence-corrected chi connectivity index (χ3v) is 5.79. The van der Waals surface area contributed by atoms with E-state index in [4.69, 9.17) is 0 Å². The molecule has 0 bridgehead atoms. The van der Waals surface area contributed by atoms with Crippen molar-refractivity contribution in [2.75, 3.05) is 19.6 Å². The normalized spacial score (nSPS) is 27.1. The van der Waals surface area contributed by atoms with Crippen LogP contribution in [-0.2, 0) is 13.1 Å². The Morgan fingerprint density at radius 1 is 1.27 bits per heavy atom. The first-order chi connectivity index (χ1) is 12.7. The van der Waals surface area contributed by atoms with Crippen molar-refractivity contribution in [3.63, 3.8) is 0 Å². The molecule has 3 unspecified atom stereocenters. The highest BCUT2D eigenvalue weighted by Crippen LogP contribution is 2.32. The standard InChI is InChI=1S/C20H28FN5/c1-2-26-13-15(10-23-26)12-25-9-3-4-17(14-25)20-19(11-22-24-20)16-5-7-18(21)8-6-16/h5-8,10,13,17,19-20,22,24H,2-4,9,11-12,14H2,1H3. The Morgan fingerprint density at radius 3 is 2.88 bits per heavy atom. The van der Waals surface area contributed by atoms with E-state index in [0.717, 1.165) is 32.7 Å². The summed E-state index contributed by atoms with van der Waals surface area (Å²) in [7, 11) is 0. The zero-order chi connectivity index (χ0) is 17.9. The summed E-state index contributed by atoms with van der Waals surface area (Å²) in [5.41, 5.74) is 9.34. The van der Waals surface area contributed by atoms with Gasteiger partial charge in [-0.05, 0) is 49.9 Å². The highest BCUT2D eigenvalue weighted by Gasteiger charge is 2.36. The molecule has 0 amide bonds. The number of hydrazine groups is 1. The van der Waals surface area contributed by atoms with E-state index < -0.39 is 0 Å². The predicted octanol–water partition coefficient (Wildman–Crippen LogP) is 2.51. The fraction of sp³-hybridized carbons (Fsp3) is 0.550. The van der Waals surface area contributed by atoms with Gasteiger partial charge in [0.05, 0.1) is 6.20 Å². The lowest BCUT2D eigenvalue weighted by atomic mass is 9.81. The van der Waals surface area contributed by atoms with Crippen molar-refractivity contribution in [1.29, 1.82) is 0 Å². The van der Waals surface area contributed by atoms with Crippen LogP contribution in [0.3, 0.4) is 0 Å². The predicted molar refractivity (Wildman–Crippen MR) is 100.0 cm³/mol. The lowest BCUT2D eigenvalue weighted by Gasteiger charge is -2.37. The second-order valence-corrected chi connectivity index (χ2v) is 7.55. The van der Waals surface area contributed by atoms with Crippen molar-refractivity contribution >= 4 is 0 Å². The van der Waals surface area contributed by atoms with Gasteiger partial charge >= 0.3 is 0 Å². The molecule has 2 aliphatic rings. The molecule has 1 aromatic heterocycles. The summed E-state index contributed by atoms with van der Waals surface area (Å²) in [4.78, 5) is 2.55. The van der Waals surface area contributed by atoms with Crippen LogP contribution < -0.4 is 10.9 Å². The average molecular weight is 357 g/mol. The average Bonchev–Trinajstić information content (AvgIpc) is 3.32. The highest BCUT2D eigenvalue weighted by molar-refractivity contribution is 5.24. The van der Waals surface area contributed by atoms with Crippen LogP contribution in [0.4, 0.5) is 4.39 Å². The Morgan fingerprint density at radius 2 is 2.12 bits per heavy atom. The Labute approximate surface area is 154 Å². The Kier molecular flexibility index (Phi) is 5.33. The summed E-state index contributed by atoms with van der Waals surface area (Å²) in [5, 5.41) is 4.39. The van der Waals surface area contributed by atoms with Crippen molar-refractivity contribution in [2.45, 2.75) is 44.8 Å². The van der Waals surface area contributed by atoms with Crippen molar-refractivity contribution in [2.24, 2.45) is 5.92 Å². The zero-order valence-corrected chi connectivity index (χ0v) is 15.4. The van der Waals surface area contributed by atoms with Crippen LogP contribution in [0.25, 0.3) is 0 Å². The molecule has 26 heavy (non-hydrogen) atoms. The summed E-state index contributed by atoms with van der Waals surface area (Å²) in [6.07, 6.45) is 6.60. The van der Waals surface area contributed by atoms with E-state index in [1.165, 1.54) is 24.0 Å². The summed E-state index contributed by atoms with van der Waals surface area (Å²) in [5.74, 6) is 0.819. The molecule has 1 aromatic carbocycles. The lowest BCUT2D eigenvalue weighted by Crippen LogP contribution is -2.46. The number of hydrogen-bond donors (Lipinski definition) is 2. The molecule has 0 spiro atoms. The Balaban J connectivity index is 1.42. The number of aromatic nitrogens is 2. The summed E-state index contributed by atoms with van der Waals surface area (Å²) < 4.78 is 15.3. The zero-order valence-electron chi connectivity index (χ0n) is 15.4. The smallest absolute Gasteiger partial charge is 0.123 e. The van der Waals surface area contributed by atoms with E-state index in [2.05, 4.69) is 34.0 Å². The van der Waals surface area contributed by atoms with E-state index in [9.17, 15) is 4.39 Å². The molecule has 4 rings (SSSR count). The largest absolute Gasteiger partial charge is 0.299 e. The molecular weight excluding hydrogens is 329 g/mol. The van der Waals surface area contributed by atoms with Crippen molar-refractivity contribution in [1.82, 2.24) is 25.5 Å². The molecule has 0 saturated carbocycles. The van der Waals surface area contributed by atoms with Crippen LogP contribution >= 0.6 is 0 Å². The third-order valence-electron chi connectivity index (χ3n) is 5.79. The molecule has 5 nitrogen and oxygen atoms in total. The maximum absolute atomic E-state index is 13.3. The molecule has 3 atom stereocenters. The molecule has 2 N–H and O–H groups in total. The van der Waals surface area contributed by atoms with Gasteiger partial charge in [-0.2, -0.15) is 5.10 Å². The lowest BCUT2D eigenvalue weighted by molar-refractivity contribution is 0.139. The first-order valence-corrected chi connectivity index (χ1v) is 9.70. The molecule has 2 aliphatic heterocycles. The number of aryl methyl sites for hydroxylation is 1. The topological polar surface area (TPSA) is 45.1 Å². The van der Waals surface area contributed by atoms with Crippen LogP contribution in [0, 0.1) is 11.7 Å². The van der Waals surface area contributed by atoms with Gasteiger partial charge in [0.15, 0.2) is 0 Å². The fourth-order valence-corrected chi connectivity index (χ4v) is 4.44. The minimum Gasteiger partial charge on any atom is -0.299 e. The minimum atomic E-state index is -0.166. The van der Waals surface area contributed by atoms with Gasteiger partial charge in [-0.1, -0.05) is 12.1 Å². The quantitative estimate of drug-likeness (QED) is 0.863. The molecular formula is C20H28FN5. The van der Waals surface area contributed by atoms with Crippen LogP contribution in [0.5, 0.6) is 0 Å². The summed E-state index contributed by atoms with van der Waals surface area (Å²) in [6.45, 7) is 7.14. The van der Waals surface area contributed by atoms with Gasteiger partial charge in [0, 0.05) is 49.9 Å². The van der Waals surface area contributed by atoms with Gasteiger partial charge in [0.1, 0.15) is 5.82 Å². The van der Waals surface area contributed by atoms with Gasteiger partial charge in [0.2, 0.25) is 0 Å². The number of benzene rings is 1. The molecule has 2 fully saturated rings. The van der Waals surface area contributed by atoms with Gasteiger partial charge in [-0.3, -0.25) is 20.4 Å². The third kappa shape index (κ3) is 3.82. The minimum absolute atomic E-state index is 0.166. The van der Waals surface area contributed by atoms with E-state index >= 15 is 0 Å². The first-order valence-electron chi connectivity index (χ1n) is 9.70. The number of likely N-dealkylation sites (tertiary alicyclic amines) is 1. The highest BCUT2D eigenvalue weighted by atomic mass is 19.1. The van der Waals surface area contributed by atoms with Crippen molar-refractivity contribution < 1.29 is 4.39 Å². The molecule has 2 aromatic rings. The van der Waals surface area contributed by atoms with Gasteiger partial charge < -0.3 is 0 Å². The number of nitrogens with zero attached hydrogens (tertiary/aromatic N) is 3. The van der Waals surface area contributed by atoms with Crippen LogP contribution in [0.2, 0.25) is 0 Å². The molecule has 140 valence electrons. The van der Waals surface area contributed by atoms with E-state index in [1.807, 2.05) is 23.0 Å². The van der Waals surface area contributed by atoms with Crippen molar-refractivity contribution in [3.8, 4) is 0 Å². The van der Waals surface area contributed by atoms with Crippen LogP contribution in [-0.4, -0.2) is 40.4 Å². The van der Waals surface area contributed by atoms with E-state index in [1.54, 1.807) is 12.1 Å². The van der Waals surface area contributed by atoms with Gasteiger partial charge in [0.25, 0.3) is 0 Å². The van der Waals surface area contributed by atoms with Gasteiger partial charge in [-0.25, -0.2) is 4.39 Å². The summed E-state index contributed by atoms with van der Waals surface area (Å²) in [6, 6.07) is 7.40. The second kappa shape index (κ2) is 7.86. The first kappa shape index (κ1) is 17.6. The molecule has 3 heterocycles. The number of nitrogens with one attached hydrogen (secondary N) is 2. The van der Waals surface area contributed by atoms with Crippen molar-refractivity contribution in [3.05, 3.63) is 53.6 Å². The molecule has 0 aliphatic carbocycles. The number of halogens is 1. The Hall–Kier alpha value is -1.76. The number of rotatable bonds is 5. The maximum atomic E-state index is 13.3. The molecule has 6 heteroatoms. The van der Waals surface area contributed by atoms with Crippen LogP contribution in [0.1, 0.15) is 36.8 Å². The fourth-order valence-electron chi connectivity index (χ4n) is 4.44. The van der Waals surface area contributed by atoms with Gasteiger partial charge in [-0.15, -0.1) is 0 Å². The molecule has 0 radical (unpaired) electrons. The van der Waals surface area contributed by atoms with E-state index in [0.29, 0.717) is 17.9 Å². The molecule has 2 saturated heterocycles. The maximum Gasteiger partial charge on any atom is 0.123 e. The van der Waals surface area contributed by atoms with Crippen LogP contribution in [0.15, 0.2) is 36.7 Å². The number of piperidine rings is 1. The Bertz CT molecular complexity index is 713. The second-order valence-electron chi connectivity index (χ2n) is 7.55. The number of hydrogen-bond acceptors (Lipinski definition) is 4. The monoisotopic (exact) mass is 357 g/mol. The van der Waals surface area contributed by atoms with E-state index in [-0.39, 0.29) is 5.82 Å².